The third kappa shape index (κ3) is 16.4. The quantitative estimate of drug-likeness (QED) is 0.464. The Bertz CT molecular complexity index is 664. The van der Waals surface area contributed by atoms with Crippen LogP contribution in [0.15, 0.2) is 0 Å². The van der Waals surface area contributed by atoms with E-state index >= 15 is 0 Å². The van der Waals surface area contributed by atoms with Crippen molar-refractivity contribution in [3.8, 4) is 0 Å². The van der Waals surface area contributed by atoms with Gasteiger partial charge in [0.05, 0.1) is 6.10 Å². The number of likely N-dealkylation sites (tertiary alicyclic amines) is 3. The van der Waals surface area contributed by atoms with E-state index in [9.17, 15) is 5.11 Å². The summed E-state index contributed by atoms with van der Waals surface area (Å²) >= 11 is 0. The standard InChI is InChI=1S/C13H27N3.C9H19N.C8H18N2.C8H17NO/c1-12(2)15-6-4-13(5-7-15)16-10-8-14(3)9-11-16;1-8(2)9-4-6-10(3)7-5-9;1-8(2)10-6-4-9(3)5-7-10;1-7(2)9-5-3-8(10)4-6-9/h12-13H,4-11H2,1-3H3;8-9H,4-7H2,1-3H3;8H,4-7H2,1-3H3;7-8,10H,3-6H2,1-2H3. The molecule has 8 heteroatoms. The Balaban J connectivity index is 0.000000219. The van der Waals surface area contributed by atoms with Gasteiger partial charge in [-0.1, -0.05) is 13.8 Å². The minimum atomic E-state index is -0.0324. The van der Waals surface area contributed by atoms with Crippen molar-refractivity contribution in [3.63, 3.8) is 0 Å². The molecule has 0 unspecified atom stereocenters. The molecule has 0 amide bonds. The topological polar surface area (TPSA) is 42.9 Å². The number of likely N-dealkylation sites (N-methyl/N-ethyl adjacent to an activating group) is 2. The predicted octanol–water partition coefficient (Wildman–Crippen LogP) is 4.58. The molecular weight excluding hydrogens is 570 g/mol. The minimum absolute atomic E-state index is 0.0324. The first-order valence-corrected chi connectivity index (χ1v) is 19.5. The second kappa shape index (κ2) is 22.4. The van der Waals surface area contributed by atoms with E-state index in [0.29, 0.717) is 6.04 Å². The molecule has 0 aromatic carbocycles. The summed E-state index contributed by atoms with van der Waals surface area (Å²) in [5.41, 5.74) is 0. The zero-order chi connectivity index (χ0) is 34.2. The van der Waals surface area contributed by atoms with E-state index in [1.165, 1.54) is 104 Å². The fraction of sp³-hybridized carbons (Fsp3) is 1.00. The highest BCUT2D eigenvalue weighted by molar-refractivity contribution is 4.83. The Hall–Kier alpha value is -0.320. The maximum Gasteiger partial charge on any atom is 0.0564 e. The van der Waals surface area contributed by atoms with Gasteiger partial charge in [0.25, 0.3) is 0 Å². The Labute approximate surface area is 287 Å². The van der Waals surface area contributed by atoms with Gasteiger partial charge in [-0.25, -0.2) is 0 Å². The van der Waals surface area contributed by atoms with E-state index in [1.807, 2.05) is 0 Å². The van der Waals surface area contributed by atoms with Crippen LogP contribution in [0.25, 0.3) is 0 Å². The lowest BCUT2D eigenvalue weighted by Crippen LogP contribution is -2.53. The molecule has 0 spiro atoms. The third-order valence-electron chi connectivity index (χ3n) is 11.5. The largest absolute Gasteiger partial charge is 0.393 e. The maximum atomic E-state index is 9.18. The molecule has 0 bridgehead atoms. The number of aliphatic hydroxyl groups is 1. The Morgan fingerprint density at radius 2 is 0.761 bits per heavy atom. The van der Waals surface area contributed by atoms with Gasteiger partial charge in [-0.2, -0.15) is 0 Å². The molecule has 0 aromatic heterocycles. The zero-order valence-corrected chi connectivity index (χ0v) is 32.8. The number of hydrogen-bond acceptors (Lipinski definition) is 8. The first-order valence-electron chi connectivity index (χ1n) is 19.5. The van der Waals surface area contributed by atoms with Gasteiger partial charge in [0, 0.05) is 89.6 Å². The molecule has 0 saturated carbocycles. The van der Waals surface area contributed by atoms with Gasteiger partial charge in [0.1, 0.15) is 0 Å². The predicted molar refractivity (Wildman–Crippen MR) is 200 cm³/mol. The van der Waals surface area contributed by atoms with Crippen molar-refractivity contribution in [3.05, 3.63) is 0 Å². The van der Waals surface area contributed by atoms with Crippen LogP contribution in [-0.2, 0) is 0 Å². The molecule has 5 rings (SSSR count). The highest BCUT2D eigenvalue weighted by atomic mass is 16.3. The Morgan fingerprint density at radius 1 is 0.413 bits per heavy atom. The SMILES string of the molecule is CC(C)C1CCN(C)CC1.CC(C)N1CCC(N2CCN(C)CC2)CC1.CC(C)N1CCC(O)CC1.CC(C)N1CCN(C)CC1. The summed E-state index contributed by atoms with van der Waals surface area (Å²) in [4.78, 5) is 17.5. The van der Waals surface area contributed by atoms with Crippen molar-refractivity contribution in [2.45, 2.75) is 124 Å². The van der Waals surface area contributed by atoms with Crippen LogP contribution in [0.2, 0.25) is 0 Å². The molecule has 5 aliphatic heterocycles. The molecule has 5 saturated heterocycles. The van der Waals surface area contributed by atoms with Crippen molar-refractivity contribution in [1.82, 2.24) is 34.3 Å². The lowest BCUT2D eigenvalue weighted by molar-refractivity contribution is 0.0592. The first kappa shape index (κ1) is 41.8. The summed E-state index contributed by atoms with van der Waals surface area (Å²) in [5, 5.41) is 9.18. The molecule has 0 aliphatic carbocycles. The van der Waals surface area contributed by atoms with Gasteiger partial charge < -0.3 is 29.6 Å². The van der Waals surface area contributed by atoms with Crippen LogP contribution in [0.1, 0.15) is 93.9 Å². The number of hydrogen-bond donors (Lipinski definition) is 1. The molecule has 5 heterocycles. The minimum Gasteiger partial charge on any atom is -0.393 e. The molecular formula is C38H81N7O. The molecule has 0 radical (unpaired) electrons. The Kier molecular flexibility index (Phi) is 20.4. The Morgan fingerprint density at radius 3 is 1.15 bits per heavy atom. The van der Waals surface area contributed by atoms with E-state index in [-0.39, 0.29) is 6.10 Å². The van der Waals surface area contributed by atoms with E-state index in [2.05, 4.69) is 111 Å². The van der Waals surface area contributed by atoms with Crippen molar-refractivity contribution in [1.29, 1.82) is 0 Å². The van der Waals surface area contributed by atoms with Gasteiger partial charge in [-0.3, -0.25) is 9.80 Å². The van der Waals surface area contributed by atoms with Gasteiger partial charge in [-0.15, -0.1) is 0 Å². The summed E-state index contributed by atoms with van der Waals surface area (Å²) in [6.45, 7) is 35.6. The summed E-state index contributed by atoms with van der Waals surface area (Å²) in [6.07, 6.45) is 7.46. The summed E-state index contributed by atoms with van der Waals surface area (Å²) in [7, 11) is 6.65. The zero-order valence-electron chi connectivity index (χ0n) is 32.8. The fourth-order valence-corrected chi connectivity index (χ4v) is 7.39. The molecule has 274 valence electrons. The number of rotatable bonds is 5. The normalized spacial score (nSPS) is 25.3. The van der Waals surface area contributed by atoms with E-state index in [1.54, 1.807) is 0 Å². The third-order valence-corrected chi connectivity index (χ3v) is 11.5. The molecule has 8 nitrogen and oxygen atoms in total. The van der Waals surface area contributed by atoms with E-state index in [0.717, 1.165) is 55.9 Å². The number of piperidine rings is 3. The van der Waals surface area contributed by atoms with Crippen molar-refractivity contribution >= 4 is 0 Å². The fourth-order valence-electron chi connectivity index (χ4n) is 7.39. The number of aliphatic hydroxyl groups excluding tert-OH is 1. The summed E-state index contributed by atoms with van der Waals surface area (Å²) in [5.74, 6) is 1.89. The van der Waals surface area contributed by atoms with Crippen molar-refractivity contribution in [2.75, 3.05) is 113 Å². The van der Waals surface area contributed by atoms with Gasteiger partial charge in [0.15, 0.2) is 0 Å². The highest BCUT2D eigenvalue weighted by Gasteiger charge is 2.27. The lowest BCUT2D eigenvalue weighted by Gasteiger charge is -2.43. The first-order chi connectivity index (χ1) is 21.8. The number of nitrogens with zero attached hydrogens (tertiary/aromatic N) is 7. The van der Waals surface area contributed by atoms with Gasteiger partial charge >= 0.3 is 0 Å². The smallest absolute Gasteiger partial charge is 0.0564 e. The van der Waals surface area contributed by atoms with Crippen LogP contribution in [-0.4, -0.2) is 182 Å². The van der Waals surface area contributed by atoms with Crippen LogP contribution >= 0.6 is 0 Å². The lowest BCUT2D eigenvalue weighted by atomic mass is 9.87. The van der Waals surface area contributed by atoms with Crippen molar-refractivity contribution in [2.24, 2.45) is 11.8 Å². The van der Waals surface area contributed by atoms with Crippen LogP contribution in [0, 0.1) is 11.8 Å². The second-order valence-corrected chi connectivity index (χ2v) is 16.4. The van der Waals surface area contributed by atoms with Crippen LogP contribution in [0.4, 0.5) is 0 Å². The molecule has 0 atom stereocenters. The average molecular weight is 652 g/mol. The highest BCUT2D eigenvalue weighted by Crippen LogP contribution is 2.23. The monoisotopic (exact) mass is 652 g/mol. The van der Waals surface area contributed by atoms with Crippen LogP contribution in [0.5, 0.6) is 0 Å². The average Bonchev–Trinajstić information content (AvgIpc) is 3.03. The second-order valence-electron chi connectivity index (χ2n) is 16.4. The molecule has 0 aromatic rings. The van der Waals surface area contributed by atoms with Crippen LogP contribution in [0.3, 0.4) is 0 Å². The number of piperazine rings is 2. The van der Waals surface area contributed by atoms with Crippen molar-refractivity contribution < 1.29 is 5.11 Å². The molecule has 5 aliphatic rings. The van der Waals surface area contributed by atoms with Crippen LogP contribution < -0.4 is 0 Å². The summed E-state index contributed by atoms with van der Waals surface area (Å²) < 4.78 is 0. The van der Waals surface area contributed by atoms with E-state index in [4.69, 9.17) is 0 Å². The van der Waals surface area contributed by atoms with Gasteiger partial charge in [-0.05, 0) is 139 Å². The summed E-state index contributed by atoms with van der Waals surface area (Å²) in [6, 6.07) is 2.97. The van der Waals surface area contributed by atoms with E-state index < -0.39 is 0 Å². The van der Waals surface area contributed by atoms with Gasteiger partial charge in [0.2, 0.25) is 0 Å². The molecule has 1 N–H and O–H groups in total. The maximum absolute atomic E-state index is 9.18. The molecule has 5 fully saturated rings. The molecule has 46 heavy (non-hydrogen) atoms.